The summed E-state index contributed by atoms with van der Waals surface area (Å²) in [6.07, 6.45) is 1.01. The third-order valence-electron chi connectivity index (χ3n) is 2.53. The van der Waals surface area contributed by atoms with E-state index >= 15 is 0 Å². The van der Waals surface area contributed by atoms with Crippen LogP contribution in [0.1, 0.15) is 12.5 Å². The number of primary amides is 1. The van der Waals surface area contributed by atoms with E-state index in [-0.39, 0.29) is 0 Å². The van der Waals surface area contributed by atoms with E-state index in [2.05, 4.69) is 0 Å². The molecule has 0 spiro atoms. The minimum Gasteiger partial charge on any atom is -0.368 e. The molecule has 0 aliphatic rings. The lowest BCUT2D eigenvalue weighted by atomic mass is 10.2. The Hall–Kier alpha value is -1.27. The van der Waals surface area contributed by atoms with Gasteiger partial charge >= 0.3 is 0 Å². The minimum absolute atomic E-state index is 0.319. The fourth-order valence-corrected chi connectivity index (χ4v) is 2.89. The van der Waals surface area contributed by atoms with E-state index in [4.69, 9.17) is 17.3 Å². The Kier molecular flexibility index (Phi) is 4.24. The van der Waals surface area contributed by atoms with Crippen LogP contribution >= 0.6 is 11.6 Å². The molecule has 0 aliphatic heterocycles. The van der Waals surface area contributed by atoms with Crippen LogP contribution in [-0.2, 0) is 14.8 Å². The zero-order chi connectivity index (χ0) is 14.1. The lowest BCUT2D eigenvalue weighted by Crippen LogP contribution is -2.45. The summed E-state index contributed by atoms with van der Waals surface area (Å²) in [4.78, 5) is 11.2. The van der Waals surface area contributed by atoms with E-state index in [0.29, 0.717) is 10.7 Å². The summed E-state index contributed by atoms with van der Waals surface area (Å²) in [6.45, 7) is 3.23. The molecule has 0 bridgehead atoms. The second-order valence-electron chi connectivity index (χ2n) is 4.07. The number of anilines is 1. The van der Waals surface area contributed by atoms with Crippen LogP contribution in [0.5, 0.6) is 0 Å². The van der Waals surface area contributed by atoms with Crippen LogP contribution in [-0.4, -0.2) is 26.6 Å². The predicted octanol–water partition coefficient (Wildman–Crippen LogP) is 1.29. The van der Waals surface area contributed by atoms with Gasteiger partial charge in [-0.15, -0.1) is 0 Å². The first-order valence-electron chi connectivity index (χ1n) is 5.19. The summed E-state index contributed by atoms with van der Waals surface area (Å²) in [5.74, 6) is -0.725. The van der Waals surface area contributed by atoms with E-state index in [0.717, 1.165) is 16.1 Å². The number of rotatable bonds is 4. The van der Waals surface area contributed by atoms with Gasteiger partial charge in [-0.2, -0.15) is 0 Å². The molecule has 2 N–H and O–H groups in total. The molecule has 0 saturated carbocycles. The van der Waals surface area contributed by atoms with E-state index in [1.807, 2.05) is 0 Å². The molecule has 0 aromatic heterocycles. The highest BCUT2D eigenvalue weighted by Crippen LogP contribution is 2.26. The maximum atomic E-state index is 11.7. The van der Waals surface area contributed by atoms with E-state index in [9.17, 15) is 13.2 Å². The molecule has 5 nitrogen and oxygen atoms in total. The molecule has 0 aliphatic carbocycles. The molecule has 1 aromatic carbocycles. The average Bonchev–Trinajstić information content (AvgIpc) is 2.21. The number of hydrogen-bond donors (Lipinski definition) is 1. The number of benzene rings is 1. The summed E-state index contributed by atoms with van der Waals surface area (Å²) in [5.41, 5.74) is 6.30. The van der Waals surface area contributed by atoms with Crippen molar-refractivity contribution in [2.24, 2.45) is 5.73 Å². The van der Waals surface area contributed by atoms with Gasteiger partial charge in [-0.1, -0.05) is 17.7 Å². The Morgan fingerprint density at radius 1 is 1.44 bits per heavy atom. The number of nitrogens with zero attached hydrogens (tertiary/aromatic N) is 1. The number of halogens is 1. The SMILES string of the molecule is Cc1ccc(N([C@@H](C)C(N)=O)S(C)(=O)=O)cc1Cl. The summed E-state index contributed by atoms with van der Waals surface area (Å²) in [6, 6.07) is 3.79. The summed E-state index contributed by atoms with van der Waals surface area (Å²) < 4.78 is 24.5. The normalized spacial score (nSPS) is 13.1. The molecule has 7 heteroatoms. The molecule has 1 aromatic rings. The van der Waals surface area contributed by atoms with Crippen LogP contribution < -0.4 is 10.0 Å². The summed E-state index contributed by atoms with van der Waals surface area (Å²) in [5, 5.41) is 0.429. The molecule has 18 heavy (non-hydrogen) atoms. The van der Waals surface area contributed by atoms with Crippen LogP contribution in [0.25, 0.3) is 0 Å². The molecule has 0 heterocycles. The van der Waals surface area contributed by atoms with Crippen molar-refractivity contribution in [1.82, 2.24) is 0 Å². The van der Waals surface area contributed by atoms with Crippen LogP contribution in [0.4, 0.5) is 5.69 Å². The lowest BCUT2D eigenvalue weighted by molar-refractivity contribution is -0.118. The molecule has 1 atom stereocenters. The first kappa shape index (κ1) is 14.8. The van der Waals surface area contributed by atoms with Gasteiger partial charge < -0.3 is 5.73 Å². The largest absolute Gasteiger partial charge is 0.368 e. The van der Waals surface area contributed by atoms with Crippen molar-refractivity contribution >= 4 is 33.2 Å². The molecule has 1 rings (SSSR count). The van der Waals surface area contributed by atoms with Gasteiger partial charge in [0.1, 0.15) is 6.04 Å². The van der Waals surface area contributed by atoms with Crippen LogP contribution in [0.3, 0.4) is 0 Å². The number of aryl methyl sites for hydroxylation is 1. The van der Waals surface area contributed by atoms with Gasteiger partial charge in [-0.05, 0) is 31.5 Å². The van der Waals surface area contributed by atoms with Gasteiger partial charge in [0, 0.05) is 5.02 Å². The third kappa shape index (κ3) is 3.14. The fraction of sp³-hybridized carbons (Fsp3) is 0.364. The van der Waals surface area contributed by atoms with Crippen molar-refractivity contribution in [3.05, 3.63) is 28.8 Å². The van der Waals surface area contributed by atoms with Crippen molar-refractivity contribution in [2.75, 3.05) is 10.6 Å². The van der Waals surface area contributed by atoms with Crippen molar-refractivity contribution in [2.45, 2.75) is 19.9 Å². The second-order valence-corrected chi connectivity index (χ2v) is 6.34. The monoisotopic (exact) mass is 290 g/mol. The number of carbonyl (C=O) groups excluding carboxylic acids is 1. The molecule has 0 fully saturated rings. The van der Waals surface area contributed by atoms with Gasteiger partial charge in [0.2, 0.25) is 15.9 Å². The van der Waals surface area contributed by atoms with Gasteiger partial charge in [-0.3, -0.25) is 9.10 Å². The maximum absolute atomic E-state index is 11.7. The molecular formula is C11H15ClN2O3S. The fourth-order valence-electron chi connectivity index (χ4n) is 1.54. The van der Waals surface area contributed by atoms with Gasteiger partial charge in [-0.25, -0.2) is 8.42 Å². The molecule has 0 saturated heterocycles. The van der Waals surface area contributed by atoms with Gasteiger partial charge in [0.05, 0.1) is 11.9 Å². The third-order valence-corrected chi connectivity index (χ3v) is 4.18. The standard InChI is InChI=1S/C11H15ClN2O3S/c1-7-4-5-9(6-10(7)12)14(18(3,16)17)8(2)11(13)15/h4-6,8H,1-3H3,(H2,13,15)/t8-/m0/s1. The van der Waals surface area contributed by atoms with Gasteiger partial charge in [0.25, 0.3) is 0 Å². The number of amides is 1. The zero-order valence-corrected chi connectivity index (χ0v) is 11.9. The van der Waals surface area contributed by atoms with Crippen molar-refractivity contribution in [1.29, 1.82) is 0 Å². The Morgan fingerprint density at radius 3 is 2.39 bits per heavy atom. The first-order chi connectivity index (χ1) is 8.14. The number of sulfonamides is 1. The van der Waals surface area contributed by atoms with E-state index in [1.54, 1.807) is 19.1 Å². The number of nitrogens with two attached hydrogens (primary N) is 1. The summed E-state index contributed by atoms with van der Waals surface area (Å²) >= 11 is 5.95. The van der Waals surface area contributed by atoms with Gasteiger partial charge in [0.15, 0.2) is 0 Å². The molecule has 0 unspecified atom stereocenters. The maximum Gasteiger partial charge on any atom is 0.241 e. The average molecular weight is 291 g/mol. The van der Waals surface area contributed by atoms with Crippen molar-refractivity contribution in [3.8, 4) is 0 Å². The Balaban J connectivity index is 3.36. The first-order valence-corrected chi connectivity index (χ1v) is 7.42. The smallest absolute Gasteiger partial charge is 0.241 e. The topological polar surface area (TPSA) is 80.5 Å². The highest BCUT2D eigenvalue weighted by atomic mass is 35.5. The van der Waals surface area contributed by atoms with E-state index < -0.39 is 22.0 Å². The second kappa shape index (κ2) is 5.16. The predicted molar refractivity (Wildman–Crippen MR) is 72.2 cm³/mol. The molecule has 0 radical (unpaired) electrons. The molecular weight excluding hydrogens is 276 g/mol. The van der Waals surface area contributed by atoms with Crippen LogP contribution in [0.2, 0.25) is 5.02 Å². The highest BCUT2D eigenvalue weighted by Gasteiger charge is 2.27. The Morgan fingerprint density at radius 2 is 2.00 bits per heavy atom. The minimum atomic E-state index is -3.62. The van der Waals surface area contributed by atoms with Crippen LogP contribution in [0.15, 0.2) is 18.2 Å². The zero-order valence-electron chi connectivity index (χ0n) is 10.3. The number of hydrogen-bond acceptors (Lipinski definition) is 3. The Labute approximate surface area is 112 Å². The highest BCUT2D eigenvalue weighted by molar-refractivity contribution is 7.92. The van der Waals surface area contributed by atoms with Crippen molar-refractivity contribution < 1.29 is 13.2 Å². The lowest BCUT2D eigenvalue weighted by Gasteiger charge is -2.27. The van der Waals surface area contributed by atoms with E-state index in [1.165, 1.54) is 13.0 Å². The number of carbonyl (C=O) groups is 1. The molecule has 1 amide bonds. The summed E-state index contributed by atoms with van der Waals surface area (Å²) in [7, 11) is -3.62. The Bertz CT molecular complexity index is 572. The van der Waals surface area contributed by atoms with Crippen molar-refractivity contribution in [3.63, 3.8) is 0 Å². The molecule has 100 valence electrons. The quantitative estimate of drug-likeness (QED) is 0.907. The van der Waals surface area contributed by atoms with Crippen LogP contribution in [0, 0.1) is 6.92 Å².